The summed E-state index contributed by atoms with van der Waals surface area (Å²) in [6.07, 6.45) is 1.56. The van der Waals surface area contributed by atoms with Gasteiger partial charge in [-0.25, -0.2) is 8.78 Å². The van der Waals surface area contributed by atoms with Crippen molar-refractivity contribution < 1.29 is 18.6 Å². The van der Waals surface area contributed by atoms with E-state index in [9.17, 15) is 5.11 Å². The van der Waals surface area contributed by atoms with E-state index in [1.807, 2.05) is 18.2 Å². The first-order valence-corrected chi connectivity index (χ1v) is 9.31. The van der Waals surface area contributed by atoms with Crippen LogP contribution >= 0.6 is 0 Å². The molecule has 0 saturated heterocycles. The first kappa shape index (κ1) is 16.5. The fourth-order valence-corrected chi connectivity index (χ4v) is 4.99. The van der Waals surface area contributed by atoms with Crippen LogP contribution in [0.5, 0.6) is 11.5 Å². The lowest BCUT2D eigenvalue weighted by Gasteiger charge is -2.48. The van der Waals surface area contributed by atoms with Crippen LogP contribution in [0.3, 0.4) is 0 Å². The van der Waals surface area contributed by atoms with Crippen molar-refractivity contribution in [3.05, 3.63) is 59.7 Å². The Bertz CT molecular complexity index is 1080. The molecule has 3 aromatic carbocycles. The van der Waals surface area contributed by atoms with Crippen LogP contribution in [-0.2, 0) is 11.3 Å². The average molecular weight is 366 g/mol. The Morgan fingerprint density at radius 3 is 2.33 bits per heavy atom. The molecule has 1 saturated carbocycles. The van der Waals surface area contributed by atoms with Crippen molar-refractivity contribution in [2.45, 2.75) is 37.0 Å². The zero-order valence-electron chi connectivity index (χ0n) is 15.1. The van der Waals surface area contributed by atoms with Gasteiger partial charge >= 0.3 is 0 Å². The highest BCUT2D eigenvalue weighted by atomic mass is 19.2. The summed E-state index contributed by atoms with van der Waals surface area (Å²) in [5.74, 6) is 0.557. The molecule has 2 atom stereocenters. The lowest BCUT2D eigenvalue weighted by atomic mass is 9.61. The molecule has 2 nitrogen and oxygen atoms in total. The van der Waals surface area contributed by atoms with Crippen LogP contribution in [-0.4, -0.2) is 12.2 Å². The maximum Gasteiger partial charge on any atom is 0.174 e. The summed E-state index contributed by atoms with van der Waals surface area (Å²) in [5.41, 5.74) is -2.14. The van der Waals surface area contributed by atoms with Crippen molar-refractivity contribution >= 4 is 10.8 Å². The Morgan fingerprint density at radius 1 is 0.889 bits per heavy atom. The van der Waals surface area contributed by atoms with Crippen LogP contribution in [0.2, 0.25) is 0 Å². The molecule has 0 spiro atoms. The molecule has 2 unspecified atom stereocenters. The standard InChI is InChI=1S/C23H20F2O2/c1-27-14-8-9-15-17(12-14)20(26)13-19-21(15)16-6-2-3-7-18(16)22(24)10-4-5-11-23(19,22)25/h2-3,6-9,12-13,26H,4-5,10-11H2,1H3. The first-order chi connectivity index (χ1) is 13.0. The van der Waals surface area contributed by atoms with Gasteiger partial charge in [-0.2, -0.15) is 0 Å². The molecule has 0 radical (unpaired) electrons. The summed E-state index contributed by atoms with van der Waals surface area (Å²) in [7, 11) is 1.56. The molecule has 0 aromatic heterocycles. The van der Waals surface area contributed by atoms with Crippen LogP contribution in [0.25, 0.3) is 21.9 Å². The zero-order chi connectivity index (χ0) is 18.8. The number of rotatable bonds is 1. The fraction of sp³-hybridized carbons (Fsp3) is 0.304. The summed E-state index contributed by atoms with van der Waals surface area (Å²) in [6.45, 7) is 0. The van der Waals surface area contributed by atoms with Gasteiger partial charge in [0.05, 0.1) is 7.11 Å². The van der Waals surface area contributed by atoms with Crippen molar-refractivity contribution in [1.82, 2.24) is 0 Å². The Hall–Kier alpha value is -2.62. The summed E-state index contributed by atoms with van der Waals surface area (Å²) in [4.78, 5) is 0. The number of halogens is 2. The molecular weight excluding hydrogens is 346 g/mol. The number of phenols is 1. The highest BCUT2D eigenvalue weighted by Crippen LogP contribution is 2.63. The molecule has 1 N–H and O–H groups in total. The number of phenolic OH excluding ortho intramolecular Hbond substituents is 1. The lowest BCUT2D eigenvalue weighted by Crippen LogP contribution is -2.48. The number of ether oxygens (including phenoxy) is 1. The summed E-state index contributed by atoms with van der Waals surface area (Å²) >= 11 is 0. The maximum absolute atomic E-state index is 16.4. The molecule has 0 bridgehead atoms. The van der Waals surface area contributed by atoms with E-state index in [2.05, 4.69) is 0 Å². The fourth-order valence-electron chi connectivity index (χ4n) is 4.99. The largest absolute Gasteiger partial charge is 0.507 e. The minimum Gasteiger partial charge on any atom is -0.507 e. The molecule has 3 aromatic rings. The van der Waals surface area contributed by atoms with E-state index in [4.69, 9.17) is 4.74 Å². The third-order valence-electron chi connectivity index (χ3n) is 6.29. The van der Waals surface area contributed by atoms with Crippen molar-refractivity contribution in [1.29, 1.82) is 0 Å². The van der Waals surface area contributed by atoms with Crippen molar-refractivity contribution in [3.63, 3.8) is 0 Å². The lowest BCUT2D eigenvalue weighted by molar-refractivity contribution is -0.0864. The molecule has 27 heavy (non-hydrogen) atoms. The van der Waals surface area contributed by atoms with E-state index in [-0.39, 0.29) is 24.2 Å². The second kappa shape index (κ2) is 5.44. The first-order valence-electron chi connectivity index (χ1n) is 9.31. The quantitative estimate of drug-likeness (QED) is 0.561. The van der Waals surface area contributed by atoms with E-state index in [0.29, 0.717) is 46.1 Å². The molecule has 0 aliphatic heterocycles. The number of aromatic hydroxyl groups is 1. The molecular formula is C23H20F2O2. The monoisotopic (exact) mass is 366 g/mol. The molecule has 2 aliphatic rings. The normalized spacial score (nSPS) is 26.2. The number of methoxy groups -OCH3 is 1. The third-order valence-corrected chi connectivity index (χ3v) is 6.29. The molecule has 0 amide bonds. The van der Waals surface area contributed by atoms with Crippen LogP contribution in [0.15, 0.2) is 48.5 Å². The Kier molecular flexibility index (Phi) is 3.34. The van der Waals surface area contributed by atoms with Crippen LogP contribution in [0.1, 0.15) is 36.8 Å². The van der Waals surface area contributed by atoms with Gasteiger partial charge in [0.25, 0.3) is 0 Å². The van der Waals surface area contributed by atoms with E-state index in [1.54, 1.807) is 31.4 Å². The third kappa shape index (κ3) is 1.98. The highest BCUT2D eigenvalue weighted by molar-refractivity contribution is 6.04. The van der Waals surface area contributed by atoms with Gasteiger partial charge in [0.1, 0.15) is 11.5 Å². The number of hydrogen-bond donors (Lipinski definition) is 1. The molecule has 4 heteroatoms. The Morgan fingerprint density at radius 2 is 1.59 bits per heavy atom. The zero-order valence-corrected chi connectivity index (χ0v) is 15.1. The second-order valence-corrected chi connectivity index (χ2v) is 7.58. The van der Waals surface area contributed by atoms with Crippen molar-refractivity contribution in [3.8, 4) is 22.6 Å². The van der Waals surface area contributed by atoms with E-state index >= 15 is 8.78 Å². The maximum atomic E-state index is 16.4. The predicted molar refractivity (Wildman–Crippen MR) is 102 cm³/mol. The average Bonchev–Trinajstić information content (AvgIpc) is 2.69. The molecule has 1 fully saturated rings. The Balaban J connectivity index is 1.94. The van der Waals surface area contributed by atoms with Crippen LogP contribution < -0.4 is 4.74 Å². The van der Waals surface area contributed by atoms with E-state index < -0.39 is 11.3 Å². The van der Waals surface area contributed by atoms with Gasteiger partial charge in [-0.1, -0.05) is 24.3 Å². The van der Waals surface area contributed by atoms with Crippen LogP contribution in [0.4, 0.5) is 8.78 Å². The minimum atomic E-state index is -2.14. The van der Waals surface area contributed by atoms with Gasteiger partial charge < -0.3 is 9.84 Å². The summed E-state index contributed by atoms with van der Waals surface area (Å²) in [6, 6.07) is 13.9. The number of benzene rings is 3. The number of hydrogen-bond acceptors (Lipinski definition) is 2. The summed E-state index contributed by atoms with van der Waals surface area (Å²) in [5, 5.41) is 11.9. The minimum absolute atomic E-state index is 0.0491. The van der Waals surface area contributed by atoms with Gasteiger partial charge in [-0.15, -0.1) is 0 Å². The second-order valence-electron chi connectivity index (χ2n) is 7.58. The molecule has 5 rings (SSSR count). The van der Waals surface area contributed by atoms with E-state index in [0.717, 1.165) is 0 Å². The van der Waals surface area contributed by atoms with Crippen molar-refractivity contribution in [2.24, 2.45) is 0 Å². The number of alkyl halides is 2. The smallest absolute Gasteiger partial charge is 0.174 e. The highest BCUT2D eigenvalue weighted by Gasteiger charge is 2.61. The van der Waals surface area contributed by atoms with E-state index in [1.165, 1.54) is 6.07 Å². The SMILES string of the molecule is COc1ccc2c3c(cc(O)c2c1)C1(F)CCCCC1(F)c1ccccc1-3. The molecule has 2 aliphatic carbocycles. The Labute approximate surface area is 156 Å². The molecule has 138 valence electrons. The van der Waals surface area contributed by atoms with Gasteiger partial charge in [0.15, 0.2) is 11.3 Å². The topological polar surface area (TPSA) is 29.5 Å². The number of fused-ring (bicyclic) bond motifs is 8. The van der Waals surface area contributed by atoms with Crippen LogP contribution in [0, 0.1) is 0 Å². The van der Waals surface area contributed by atoms with Gasteiger partial charge in [-0.05, 0) is 66.5 Å². The van der Waals surface area contributed by atoms with Gasteiger partial charge in [0.2, 0.25) is 0 Å². The van der Waals surface area contributed by atoms with Crippen molar-refractivity contribution in [2.75, 3.05) is 7.11 Å². The van der Waals surface area contributed by atoms with Gasteiger partial charge in [0, 0.05) is 16.5 Å². The predicted octanol–water partition coefficient (Wildman–Crippen LogP) is 6.14. The summed E-state index contributed by atoms with van der Waals surface area (Å²) < 4.78 is 37.9. The van der Waals surface area contributed by atoms with Gasteiger partial charge in [-0.3, -0.25) is 0 Å². The molecule has 0 heterocycles.